The maximum absolute atomic E-state index is 12.6. The fourth-order valence-corrected chi connectivity index (χ4v) is 4.32. The fraction of sp³-hybridized carbons (Fsp3) is 0.133. The summed E-state index contributed by atoms with van der Waals surface area (Å²) in [5, 5.41) is 2.52. The van der Waals surface area contributed by atoms with Gasteiger partial charge in [0.25, 0.3) is 0 Å². The minimum atomic E-state index is -0.521. The summed E-state index contributed by atoms with van der Waals surface area (Å²) >= 11 is 6.58. The SMILES string of the molecule is CCOc1cc(/C=C2\N=C(c3ccc4ccccc4c3)OC2=O)cc(Cl)c1OCc1cccc(C)c1. The molecule has 0 amide bonds. The average molecular weight is 498 g/mol. The highest BCUT2D eigenvalue weighted by Crippen LogP contribution is 2.38. The van der Waals surface area contributed by atoms with Crippen LogP contribution in [-0.2, 0) is 16.1 Å². The van der Waals surface area contributed by atoms with Gasteiger partial charge >= 0.3 is 5.97 Å². The normalized spacial score (nSPS) is 14.1. The van der Waals surface area contributed by atoms with Gasteiger partial charge in [-0.05, 0) is 66.1 Å². The highest BCUT2D eigenvalue weighted by molar-refractivity contribution is 6.32. The lowest BCUT2D eigenvalue weighted by Crippen LogP contribution is -2.05. The fourth-order valence-electron chi connectivity index (χ4n) is 4.04. The number of ether oxygens (including phenoxy) is 3. The number of fused-ring (bicyclic) bond motifs is 1. The maximum atomic E-state index is 12.6. The molecule has 0 spiro atoms. The van der Waals surface area contributed by atoms with E-state index in [0.717, 1.165) is 27.5 Å². The first kappa shape index (κ1) is 23.6. The van der Waals surface area contributed by atoms with Gasteiger partial charge in [0.05, 0.1) is 11.6 Å². The molecule has 0 aromatic heterocycles. The van der Waals surface area contributed by atoms with Crippen molar-refractivity contribution in [3.05, 3.63) is 112 Å². The van der Waals surface area contributed by atoms with Crippen LogP contribution in [0.2, 0.25) is 5.02 Å². The number of halogens is 1. The first-order valence-electron chi connectivity index (χ1n) is 11.7. The van der Waals surface area contributed by atoms with Gasteiger partial charge in [0, 0.05) is 5.56 Å². The zero-order chi connectivity index (χ0) is 25.1. The first-order valence-corrected chi connectivity index (χ1v) is 12.0. The van der Waals surface area contributed by atoms with Crippen LogP contribution in [0, 0.1) is 6.92 Å². The Kier molecular flexibility index (Phi) is 6.74. The van der Waals surface area contributed by atoms with E-state index >= 15 is 0 Å². The van der Waals surface area contributed by atoms with Crippen LogP contribution in [0.5, 0.6) is 11.5 Å². The molecule has 5 nitrogen and oxygen atoms in total. The van der Waals surface area contributed by atoms with Crippen LogP contribution >= 0.6 is 11.6 Å². The predicted octanol–water partition coefficient (Wildman–Crippen LogP) is 7.12. The number of cyclic esters (lactones) is 1. The lowest BCUT2D eigenvalue weighted by molar-refractivity contribution is -0.129. The quantitative estimate of drug-likeness (QED) is 0.201. The lowest BCUT2D eigenvalue weighted by atomic mass is 10.1. The number of carbonyl (C=O) groups is 1. The Hall–Kier alpha value is -4.09. The van der Waals surface area contributed by atoms with Crippen molar-refractivity contribution in [3.8, 4) is 11.5 Å². The Labute approximate surface area is 214 Å². The Morgan fingerprint density at radius 2 is 1.78 bits per heavy atom. The molecule has 0 N–H and O–H groups in total. The van der Waals surface area contributed by atoms with Crippen molar-refractivity contribution in [2.75, 3.05) is 6.61 Å². The number of esters is 1. The smallest absolute Gasteiger partial charge is 0.363 e. The molecule has 0 saturated carbocycles. The molecule has 1 aliphatic heterocycles. The lowest BCUT2D eigenvalue weighted by Gasteiger charge is -2.15. The highest BCUT2D eigenvalue weighted by Gasteiger charge is 2.25. The molecule has 0 aliphatic carbocycles. The van der Waals surface area contributed by atoms with Crippen LogP contribution in [0.1, 0.15) is 29.2 Å². The van der Waals surface area contributed by atoms with Crippen molar-refractivity contribution in [1.82, 2.24) is 0 Å². The average Bonchev–Trinajstić information content (AvgIpc) is 3.23. The number of hydrogen-bond acceptors (Lipinski definition) is 5. The Bertz CT molecular complexity index is 1520. The van der Waals surface area contributed by atoms with E-state index in [1.54, 1.807) is 18.2 Å². The molecule has 6 heteroatoms. The number of aliphatic imine (C=N–C) groups is 1. The summed E-state index contributed by atoms with van der Waals surface area (Å²) in [5.41, 5.74) is 3.76. The van der Waals surface area contributed by atoms with Gasteiger partial charge in [-0.25, -0.2) is 9.79 Å². The molecule has 4 aromatic carbocycles. The van der Waals surface area contributed by atoms with Crippen molar-refractivity contribution in [3.63, 3.8) is 0 Å². The summed E-state index contributed by atoms with van der Waals surface area (Å²) < 4.78 is 17.3. The van der Waals surface area contributed by atoms with Crippen molar-refractivity contribution in [2.24, 2.45) is 4.99 Å². The van der Waals surface area contributed by atoms with Gasteiger partial charge in [-0.1, -0.05) is 71.8 Å². The van der Waals surface area contributed by atoms with Gasteiger partial charge in [-0.15, -0.1) is 0 Å². The van der Waals surface area contributed by atoms with E-state index in [1.165, 1.54) is 0 Å². The van der Waals surface area contributed by atoms with E-state index < -0.39 is 5.97 Å². The number of aryl methyl sites for hydroxylation is 1. The minimum Gasteiger partial charge on any atom is -0.490 e. The van der Waals surface area contributed by atoms with Gasteiger partial charge in [0.1, 0.15) is 6.61 Å². The van der Waals surface area contributed by atoms with Gasteiger partial charge in [-0.2, -0.15) is 0 Å². The molecule has 5 rings (SSSR count). The second-order valence-electron chi connectivity index (χ2n) is 8.44. The van der Waals surface area contributed by atoms with Gasteiger partial charge < -0.3 is 14.2 Å². The van der Waals surface area contributed by atoms with Crippen LogP contribution in [0.3, 0.4) is 0 Å². The van der Waals surface area contributed by atoms with E-state index in [-0.39, 0.29) is 11.6 Å². The number of nitrogens with zero attached hydrogens (tertiary/aromatic N) is 1. The molecule has 0 atom stereocenters. The molecule has 180 valence electrons. The van der Waals surface area contributed by atoms with E-state index in [9.17, 15) is 4.79 Å². The third-order valence-corrected chi connectivity index (χ3v) is 6.00. The molecular weight excluding hydrogens is 474 g/mol. The number of hydrogen-bond donors (Lipinski definition) is 0. The largest absolute Gasteiger partial charge is 0.490 e. The molecule has 36 heavy (non-hydrogen) atoms. The molecule has 4 aromatic rings. The summed E-state index contributed by atoms with van der Waals surface area (Å²) in [6.45, 7) is 4.71. The van der Waals surface area contributed by atoms with Crippen molar-refractivity contribution >= 4 is 40.3 Å². The summed E-state index contributed by atoms with van der Waals surface area (Å²) in [6, 6.07) is 25.4. The van der Waals surface area contributed by atoms with Crippen LogP contribution in [0.25, 0.3) is 16.8 Å². The zero-order valence-electron chi connectivity index (χ0n) is 20.0. The second-order valence-corrected chi connectivity index (χ2v) is 8.85. The van der Waals surface area contributed by atoms with E-state index in [4.69, 9.17) is 25.8 Å². The predicted molar refractivity (Wildman–Crippen MR) is 143 cm³/mol. The van der Waals surface area contributed by atoms with Crippen LogP contribution in [-0.4, -0.2) is 18.5 Å². The maximum Gasteiger partial charge on any atom is 0.363 e. The molecule has 0 saturated heterocycles. The van der Waals surface area contributed by atoms with Crippen LogP contribution in [0.4, 0.5) is 0 Å². The van der Waals surface area contributed by atoms with Crippen LogP contribution < -0.4 is 9.47 Å². The standard InChI is InChI=1S/C30H24ClNO4/c1-3-34-27-16-21(14-25(31)28(27)35-18-20-8-6-7-19(2)13-20)15-26-30(33)36-29(32-26)24-12-11-22-9-4-5-10-23(22)17-24/h4-17H,3,18H2,1-2H3/b26-15-. The summed E-state index contributed by atoms with van der Waals surface area (Å²) in [6.07, 6.45) is 1.63. The molecule has 0 fully saturated rings. The molecular formula is C30H24ClNO4. The molecule has 1 aliphatic rings. The van der Waals surface area contributed by atoms with E-state index in [1.807, 2.05) is 74.5 Å². The van der Waals surface area contributed by atoms with Crippen LogP contribution in [0.15, 0.2) is 89.6 Å². The monoisotopic (exact) mass is 497 g/mol. The topological polar surface area (TPSA) is 57.1 Å². The molecule has 0 bridgehead atoms. The summed E-state index contributed by atoms with van der Waals surface area (Å²) in [7, 11) is 0. The Balaban J connectivity index is 1.42. The second kappa shape index (κ2) is 10.3. The third kappa shape index (κ3) is 5.11. The number of benzene rings is 4. The molecule has 1 heterocycles. The summed E-state index contributed by atoms with van der Waals surface area (Å²) in [4.78, 5) is 17.0. The van der Waals surface area contributed by atoms with E-state index in [0.29, 0.717) is 35.3 Å². The minimum absolute atomic E-state index is 0.185. The third-order valence-electron chi connectivity index (χ3n) is 5.72. The Morgan fingerprint density at radius 1 is 0.944 bits per heavy atom. The van der Waals surface area contributed by atoms with E-state index in [2.05, 4.69) is 11.1 Å². The Morgan fingerprint density at radius 3 is 2.58 bits per heavy atom. The molecule has 0 unspecified atom stereocenters. The molecule has 0 radical (unpaired) electrons. The van der Waals surface area contributed by atoms with Crippen molar-refractivity contribution in [1.29, 1.82) is 0 Å². The van der Waals surface area contributed by atoms with Crippen molar-refractivity contribution in [2.45, 2.75) is 20.5 Å². The number of rotatable bonds is 7. The first-order chi connectivity index (χ1) is 17.5. The van der Waals surface area contributed by atoms with Gasteiger partial charge in [0.2, 0.25) is 5.90 Å². The van der Waals surface area contributed by atoms with Gasteiger partial charge in [-0.3, -0.25) is 0 Å². The highest BCUT2D eigenvalue weighted by atomic mass is 35.5. The number of carbonyl (C=O) groups excluding carboxylic acids is 1. The van der Waals surface area contributed by atoms with Gasteiger partial charge in [0.15, 0.2) is 17.2 Å². The van der Waals surface area contributed by atoms with Crippen molar-refractivity contribution < 1.29 is 19.0 Å². The zero-order valence-corrected chi connectivity index (χ0v) is 20.7. The summed E-state index contributed by atoms with van der Waals surface area (Å²) in [5.74, 6) is 0.698.